The van der Waals surface area contributed by atoms with Crippen LogP contribution in [0.15, 0.2) is 48.5 Å². The molecule has 24 heavy (non-hydrogen) atoms. The highest BCUT2D eigenvalue weighted by atomic mass is 35.5. The normalized spacial score (nSPS) is 11.0. The average Bonchev–Trinajstić information content (AvgIpc) is 2.55. The summed E-state index contributed by atoms with van der Waals surface area (Å²) in [6.45, 7) is 2.71. The van der Waals surface area contributed by atoms with E-state index in [1.54, 1.807) is 36.0 Å². The Labute approximate surface area is 157 Å². The molecule has 0 aromatic heterocycles. The zero-order valence-corrected chi connectivity index (χ0v) is 15.7. The van der Waals surface area contributed by atoms with Crippen LogP contribution in [0.25, 0.3) is 6.08 Å². The van der Waals surface area contributed by atoms with Crippen LogP contribution < -0.4 is 5.32 Å². The lowest BCUT2D eigenvalue weighted by Gasteiger charge is -2.04. The highest BCUT2D eigenvalue weighted by molar-refractivity contribution is 7.98. The predicted octanol–water partition coefficient (Wildman–Crippen LogP) is 5.36. The first-order valence-electron chi connectivity index (χ1n) is 7.59. The van der Waals surface area contributed by atoms with Crippen LogP contribution in [-0.2, 0) is 10.5 Å². The second kappa shape index (κ2) is 9.77. The van der Waals surface area contributed by atoms with Crippen LogP contribution in [0.3, 0.4) is 0 Å². The summed E-state index contributed by atoms with van der Waals surface area (Å²) in [6.07, 6.45) is 3.17. The lowest BCUT2D eigenvalue weighted by Crippen LogP contribution is -2.23. The first-order valence-corrected chi connectivity index (χ1v) is 9.50. The average molecular weight is 380 g/mol. The number of hydrogen-bond donors (Lipinski definition) is 1. The topological polar surface area (TPSA) is 29.1 Å². The zero-order valence-electron chi connectivity index (χ0n) is 13.4. The summed E-state index contributed by atoms with van der Waals surface area (Å²) in [4.78, 5) is 11.8. The minimum atomic E-state index is -0.128. The molecule has 0 bridgehead atoms. The molecule has 2 rings (SSSR count). The quantitative estimate of drug-likeness (QED) is 0.517. The molecule has 0 fully saturated rings. The predicted molar refractivity (Wildman–Crippen MR) is 106 cm³/mol. The van der Waals surface area contributed by atoms with Crippen molar-refractivity contribution in [2.24, 2.45) is 0 Å². The van der Waals surface area contributed by atoms with Crippen LogP contribution >= 0.6 is 35.0 Å². The van der Waals surface area contributed by atoms with E-state index >= 15 is 0 Å². The molecule has 126 valence electrons. The molecule has 0 aliphatic rings. The molecule has 0 radical (unpaired) electrons. The Balaban J connectivity index is 1.67. The third-order valence-electron chi connectivity index (χ3n) is 3.31. The Hall–Kier alpha value is -1.42. The number of carbonyl (C=O) groups excluding carboxylic acids is 1. The molecule has 1 amide bonds. The highest BCUT2D eigenvalue weighted by Gasteiger charge is 2.00. The minimum Gasteiger partial charge on any atom is -0.352 e. The number of thioether (sulfide) groups is 1. The van der Waals surface area contributed by atoms with Crippen LogP contribution in [0, 0.1) is 6.92 Å². The molecule has 1 N–H and O–H groups in total. The van der Waals surface area contributed by atoms with Crippen molar-refractivity contribution in [3.05, 3.63) is 75.3 Å². The SMILES string of the molecule is Cc1ccc(CSCCNC(=O)/C=C/c2ccc(Cl)cc2Cl)cc1. The van der Waals surface area contributed by atoms with Gasteiger partial charge in [-0.15, -0.1) is 0 Å². The zero-order chi connectivity index (χ0) is 17.4. The van der Waals surface area contributed by atoms with E-state index in [0.717, 1.165) is 17.1 Å². The number of rotatable bonds is 7. The van der Waals surface area contributed by atoms with Crippen molar-refractivity contribution in [1.82, 2.24) is 5.32 Å². The number of halogens is 2. The van der Waals surface area contributed by atoms with Crippen LogP contribution in [0.2, 0.25) is 10.0 Å². The minimum absolute atomic E-state index is 0.128. The van der Waals surface area contributed by atoms with Crippen molar-refractivity contribution in [2.75, 3.05) is 12.3 Å². The van der Waals surface area contributed by atoms with E-state index in [1.165, 1.54) is 17.2 Å². The van der Waals surface area contributed by atoms with Gasteiger partial charge in [-0.1, -0.05) is 59.1 Å². The third kappa shape index (κ3) is 6.60. The Bertz CT molecular complexity index is 714. The molecule has 2 nitrogen and oxygen atoms in total. The van der Waals surface area contributed by atoms with Crippen LogP contribution in [0.1, 0.15) is 16.7 Å². The van der Waals surface area contributed by atoms with E-state index in [4.69, 9.17) is 23.2 Å². The summed E-state index contributed by atoms with van der Waals surface area (Å²) in [5, 5.41) is 3.97. The van der Waals surface area contributed by atoms with E-state index in [2.05, 4.69) is 36.5 Å². The Morgan fingerprint density at radius 2 is 1.92 bits per heavy atom. The van der Waals surface area contributed by atoms with Gasteiger partial charge in [-0.3, -0.25) is 4.79 Å². The van der Waals surface area contributed by atoms with Gasteiger partial charge in [-0.2, -0.15) is 11.8 Å². The summed E-state index contributed by atoms with van der Waals surface area (Å²) < 4.78 is 0. The molecule has 5 heteroatoms. The number of nitrogens with one attached hydrogen (secondary N) is 1. The summed E-state index contributed by atoms with van der Waals surface area (Å²) in [6, 6.07) is 13.7. The maximum absolute atomic E-state index is 11.8. The molecule has 0 unspecified atom stereocenters. The van der Waals surface area contributed by atoms with E-state index in [-0.39, 0.29) is 5.91 Å². The molecule has 0 atom stereocenters. The van der Waals surface area contributed by atoms with Crippen LogP contribution in [0.5, 0.6) is 0 Å². The van der Waals surface area contributed by atoms with Gasteiger partial charge >= 0.3 is 0 Å². The fourth-order valence-corrected chi connectivity index (χ4v) is 3.27. The number of aryl methyl sites for hydroxylation is 1. The maximum Gasteiger partial charge on any atom is 0.244 e. The van der Waals surface area contributed by atoms with E-state index < -0.39 is 0 Å². The largest absolute Gasteiger partial charge is 0.352 e. The van der Waals surface area contributed by atoms with Crippen LogP contribution in [0.4, 0.5) is 0 Å². The van der Waals surface area contributed by atoms with Gasteiger partial charge in [0.15, 0.2) is 0 Å². The summed E-state index contributed by atoms with van der Waals surface area (Å²) in [5.41, 5.74) is 3.34. The van der Waals surface area contributed by atoms with Crippen LogP contribution in [-0.4, -0.2) is 18.2 Å². The molecule has 0 aliphatic heterocycles. The van der Waals surface area contributed by atoms with Gasteiger partial charge in [0.1, 0.15) is 0 Å². The van der Waals surface area contributed by atoms with Crippen molar-refractivity contribution in [1.29, 1.82) is 0 Å². The lowest BCUT2D eigenvalue weighted by molar-refractivity contribution is -0.116. The van der Waals surface area contributed by atoms with E-state index in [1.807, 2.05) is 0 Å². The van der Waals surface area contributed by atoms with Gasteiger partial charge in [0.25, 0.3) is 0 Å². The molecule has 0 saturated heterocycles. The van der Waals surface area contributed by atoms with E-state index in [9.17, 15) is 4.79 Å². The van der Waals surface area contributed by atoms with Gasteiger partial charge in [-0.05, 0) is 36.3 Å². The lowest BCUT2D eigenvalue weighted by atomic mass is 10.2. The number of carbonyl (C=O) groups is 1. The van der Waals surface area contributed by atoms with Gasteiger partial charge in [0.05, 0.1) is 0 Å². The summed E-state index contributed by atoms with van der Waals surface area (Å²) >= 11 is 13.7. The maximum atomic E-state index is 11.8. The number of hydrogen-bond acceptors (Lipinski definition) is 2. The van der Waals surface area contributed by atoms with Crippen molar-refractivity contribution in [2.45, 2.75) is 12.7 Å². The molecule has 0 aliphatic carbocycles. The smallest absolute Gasteiger partial charge is 0.244 e. The summed E-state index contributed by atoms with van der Waals surface area (Å²) in [7, 11) is 0. The fraction of sp³-hybridized carbons (Fsp3) is 0.211. The highest BCUT2D eigenvalue weighted by Crippen LogP contribution is 2.21. The van der Waals surface area contributed by atoms with Gasteiger partial charge in [0.2, 0.25) is 5.91 Å². The monoisotopic (exact) mass is 379 g/mol. The van der Waals surface area contributed by atoms with E-state index in [0.29, 0.717) is 16.6 Å². The molecular weight excluding hydrogens is 361 g/mol. The van der Waals surface area contributed by atoms with Crippen molar-refractivity contribution >= 4 is 46.9 Å². The second-order valence-corrected chi connectivity index (χ2v) is 7.28. The Morgan fingerprint density at radius 1 is 1.17 bits per heavy atom. The third-order valence-corrected chi connectivity index (χ3v) is 4.90. The first-order chi connectivity index (χ1) is 11.5. The molecule has 2 aromatic carbocycles. The molecule has 0 saturated carbocycles. The molecular formula is C19H19Cl2NOS. The van der Waals surface area contributed by atoms with Gasteiger partial charge in [-0.25, -0.2) is 0 Å². The van der Waals surface area contributed by atoms with Crippen molar-refractivity contribution in [3.8, 4) is 0 Å². The molecule has 2 aromatic rings. The van der Waals surface area contributed by atoms with Gasteiger partial charge in [0, 0.05) is 34.2 Å². The number of amides is 1. The first kappa shape index (κ1) is 18.9. The standard InChI is InChI=1S/C19H19Cl2NOS/c1-14-2-4-15(5-3-14)13-24-11-10-22-19(23)9-7-16-6-8-17(20)12-18(16)21/h2-9,12H,10-11,13H2,1H3,(H,22,23)/b9-7+. The Kier molecular flexibility index (Phi) is 7.70. The van der Waals surface area contributed by atoms with Crippen molar-refractivity contribution in [3.63, 3.8) is 0 Å². The summed E-state index contributed by atoms with van der Waals surface area (Å²) in [5.74, 6) is 1.69. The number of benzene rings is 2. The fourth-order valence-electron chi connectivity index (χ4n) is 1.98. The Morgan fingerprint density at radius 3 is 2.62 bits per heavy atom. The molecule has 0 spiro atoms. The second-order valence-electron chi connectivity index (χ2n) is 5.33. The van der Waals surface area contributed by atoms with Gasteiger partial charge < -0.3 is 5.32 Å². The van der Waals surface area contributed by atoms with Crippen molar-refractivity contribution < 1.29 is 4.79 Å². The molecule has 0 heterocycles.